The molecule has 0 radical (unpaired) electrons. The van der Waals surface area contributed by atoms with Gasteiger partial charge in [0.1, 0.15) is 6.50 Å². The molecule has 6 nitrogen and oxygen atoms in total. The van der Waals surface area contributed by atoms with E-state index in [4.69, 9.17) is 21.2 Å². The summed E-state index contributed by atoms with van der Waals surface area (Å²) in [6.45, 7) is -17.8. The molecule has 1 aliphatic rings. The summed E-state index contributed by atoms with van der Waals surface area (Å²) in [7, 11) is 0.893. The van der Waals surface area contributed by atoms with Crippen molar-refractivity contribution < 1.29 is 57.5 Å². The molecule has 5 aromatic rings. The maximum atomic E-state index is 15.7. The lowest BCUT2D eigenvalue weighted by atomic mass is 10.00. The van der Waals surface area contributed by atoms with E-state index in [1.807, 2.05) is 0 Å². The number of methoxy groups -OCH3 is 1. The van der Waals surface area contributed by atoms with Gasteiger partial charge in [0.25, 0.3) is 0 Å². The van der Waals surface area contributed by atoms with Gasteiger partial charge in [0.05, 0.1) is 32.3 Å². The normalized spacial score (nSPS) is 24.6. The van der Waals surface area contributed by atoms with Crippen LogP contribution in [-0.2, 0) is 34.5 Å². The van der Waals surface area contributed by atoms with E-state index in [-0.39, 0.29) is 26.2 Å². The summed E-state index contributed by atoms with van der Waals surface area (Å²) in [5, 5.41) is -2.44. The highest BCUT2D eigenvalue weighted by molar-refractivity contribution is 7.98. The Morgan fingerprint density at radius 2 is 1.72 bits per heavy atom. The zero-order chi connectivity index (χ0) is 54.7. The van der Waals surface area contributed by atoms with E-state index >= 15 is 9.18 Å². The van der Waals surface area contributed by atoms with E-state index < -0.39 is 166 Å². The largest absolute Gasteiger partial charge is 0.416 e. The molecule has 0 atom stereocenters. The zero-order valence-electron chi connectivity index (χ0n) is 46.6. The van der Waals surface area contributed by atoms with Crippen molar-refractivity contribution in [3.8, 4) is 11.1 Å². The van der Waals surface area contributed by atoms with Crippen molar-refractivity contribution in [2.45, 2.75) is 55.6 Å². The Hall–Kier alpha value is -4.52. The highest BCUT2D eigenvalue weighted by Gasteiger charge is 2.31. The Morgan fingerprint density at radius 1 is 1.04 bits per heavy atom. The fourth-order valence-electron chi connectivity index (χ4n) is 4.86. The first-order valence-corrected chi connectivity index (χ1v) is 16.2. The molecule has 1 amide bonds. The van der Waals surface area contributed by atoms with Gasteiger partial charge < -0.3 is 19.1 Å². The molecule has 53 heavy (non-hydrogen) atoms. The smallest absolute Gasteiger partial charge is 0.383 e. The number of carbonyl (C=O) groups is 1. The summed E-state index contributed by atoms with van der Waals surface area (Å²) in [4.78, 5) is 28.9. The molecule has 0 N–H and O–H groups in total. The molecule has 1 fully saturated rings. The Bertz CT molecular complexity index is 3010. The van der Waals surface area contributed by atoms with Crippen LogP contribution in [0.15, 0.2) is 101 Å². The molecule has 1 aliphatic heterocycles. The summed E-state index contributed by atoms with van der Waals surface area (Å²) >= 11 is -0.406. The van der Waals surface area contributed by atoms with Crippen LogP contribution in [0.2, 0.25) is 0 Å². The Labute approximate surface area is 335 Å². The lowest BCUT2D eigenvalue weighted by Crippen LogP contribution is -2.48. The molecule has 2 heterocycles. The van der Waals surface area contributed by atoms with Crippen molar-refractivity contribution in [3.63, 3.8) is 0 Å². The molecule has 6 rings (SSSR count). The zero-order valence-corrected chi connectivity index (χ0v) is 28.4. The minimum absolute atomic E-state index is 0.0498. The molecule has 0 aliphatic carbocycles. The van der Waals surface area contributed by atoms with E-state index in [1.54, 1.807) is 0 Å². The van der Waals surface area contributed by atoms with Crippen molar-refractivity contribution in [2.24, 2.45) is 0 Å². The van der Waals surface area contributed by atoms with Gasteiger partial charge in [0, 0.05) is 78.3 Å². The number of rotatable bonds is 12. The van der Waals surface area contributed by atoms with Crippen LogP contribution in [0, 0.1) is 18.6 Å². The average molecular weight is 769 g/mol. The Balaban J connectivity index is 1.70. The van der Waals surface area contributed by atoms with Crippen molar-refractivity contribution in [3.05, 3.63) is 135 Å². The molecule has 0 bridgehead atoms. The summed E-state index contributed by atoms with van der Waals surface area (Å²) in [5.41, 5.74) is -8.67. The molecule has 278 valence electrons. The van der Waals surface area contributed by atoms with Gasteiger partial charge in [-0.3, -0.25) is 9.59 Å². The van der Waals surface area contributed by atoms with Crippen LogP contribution >= 0.6 is 11.8 Å². The van der Waals surface area contributed by atoms with Gasteiger partial charge in [-0.05, 0) is 72.2 Å². The number of alkyl halides is 3. The SMILES string of the molecule is [2H]c1c(C)c([2H])c2c(c1[2H])c(=O)c([2H])c(SC([2H])([2H])c1cccc(F)c1F)n2C([2H])([2H])C(=O)N(Cc1ccc(-c2ccc(C(F)(F)F)cc2)cc1)C1([2H])C([2H])([2H])C([2H])([2H])N(C([2H])([2H])COC)C([2H])([2H])C1([2H])[2H]. The van der Waals surface area contributed by atoms with Gasteiger partial charge >= 0.3 is 6.18 Å². The first-order chi connectivity index (χ1) is 32.7. The second-order valence-electron chi connectivity index (χ2n) is 11.1. The van der Waals surface area contributed by atoms with Gasteiger partial charge in [-0.1, -0.05) is 54.6 Å². The van der Waals surface area contributed by atoms with Gasteiger partial charge in [0.2, 0.25) is 5.91 Å². The topological polar surface area (TPSA) is 54.8 Å². The number of hydrogen-bond donors (Lipinski definition) is 0. The first kappa shape index (κ1) is 20.8. The second-order valence-corrected chi connectivity index (χ2v) is 11.9. The van der Waals surface area contributed by atoms with Gasteiger partial charge in [-0.2, -0.15) is 13.2 Å². The molecule has 4 aromatic carbocycles. The maximum Gasteiger partial charge on any atom is 0.416 e. The summed E-state index contributed by atoms with van der Waals surface area (Å²) in [6.07, 6.45) is -13.5. The summed E-state index contributed by atoms with van der Waals surface area (Å²) < 4.78 is 246. The molecule has 1 aromatic heterocycles. The number of ether oxygens (including phenoxy) is 1. The molecule has 12 heteroatoms. The Morgan fingerprint density at radius 3 is 2.38 bits per heavy atom. The van der Waals surface area contributed by atoms with Crippen LogP contribution in [-0.4, -0.2) is 59.5 Å². The first-order valence-electron chi connectivity index (χ1n) is 24.9. The van der Waals surface area contributed by atoms with Crippen LogP contribution in [0.1, 0.15) is 61.0 Å². The van der Waals surface area contributed by atoms with Crippen LogP contribution in [0.3, 0.4) is 0 Å². The summed E-state index contributed by atoms with van der Waals surface area (Å²) in [5.74, 6) is -5.79. The van der Waals surface area contributed by atoms with Crippen LogP contribution in [0.4, 0.5) is 22.0 Å². The van der Waals surface area contributed by atoms with E-state index in [0.717, 1.165) is 62.6 Å². The number of likely N-dealkylation sites (tertiary alicyclic amines) is 1. The van der Waals surface area contributed by atoms with E-state index in [2.05, 4.69) is 0 Å². The van der Waals surface area contributed by atoms with Crippen molar-refractivity contribution >= 4 is 28.6 Å². The number of pyridine rings is 1. The third-order valence-electron chi connectivity index (χ3n) is 7.50. The highest BCUT2D eigenvalue weighted by Crippen LogP contribution is 2.32. The maximum absolute atomic E-state index is 15.7. The van der Waals surface area contributed by atoms with Crippen molar-refractivity contribution in [2.75, 3.05) is 33.2 Å². The van der Waals surface area contributed by atoms with Gasteiger partial charge in [-0.25, -0.2) is 8.78 Å². The highest BCUT2D eigenvalue weighted by atomic mass is 32.2. The monoisotopic (exact) mass is 768 g/mol. The Kier molecular flexibility index (Phi) is 6.54. The lowest BCUT2D eigenvalue weighted by molar-refractivity contribution is -0.137. The van der Waals surface area contributed by atoms with E-state index in [9.17, 15) is 32.0 Å². The number of halogens is 5. The van der Waals surface area contributed by atoms with E-state index in [0.29, 0.717) is 6.07 Å². The quantitative estimate of drug-likeness (QED) is 0.0940. The standard InChI is InChI=1S/C41H40F5N3O3S/c1-27-6-15-34-36(22-27)49(39(23-37(34)50)53-26-31-4-3-5-35(42)40(31)43)25-38(51)48(33-16-18-47(19-17-33)20-21-52-2)24-28-7-9-29(10-8-28)30-11-13-32(14-12-30)41(44,45)46/h3-15,22-23,33H,16-21,24-26H2,1-2H3/i6D,15D,16D2,17D2,18D2,19D2,20D2,22D,23D,25D2,26D2,33D. The van der Waals surface area contributed by atoms with Crippen molar-refractivity contribution in [1.82, 2.24) is 14.4 Å². The van der Waals surface area contributed by atoms with Gasteiger partial charge in [0.15, 0.2) is 17.1 Å². The third-order valence-corrected chi connectivity index (χ3v) is 8.30. The van der Waals surface area contributed by atoms with Crippen LogP contribution in [0.5, 0.6) is 0 Å². The number of hydrogen-bond acceptors (Lipinski definition) is 5. The number of nitrogens with zero attached hydrogens (tertiary/aromatic N) is 3. The minimum atomic E-state index is -4.71. The molecule has 0 saturated carbocycles. The fraction of sp³-hybridized carbons (Fsp3) is 0.317. The number of amides is 1. The van der Waals surface area contributed by atoms with Gasteiger partial charge in [-0.15, -0.1) is 11.8 Å². The lowest BCUT2D eigenvalue weighted by Gasteiger charge is -2.39. The predicted molar refractivity (Wildman–Crippen MR) is 198 cm³/mol. The number of fused-ring (bicyclic) bond motifs is 1. The molecular formula is C41H40F5N3O3S. The molecule has 0 spiro atoms. The number of piperidine rings is 1. The molecular weight excluding hydrogens is 710 g/mol. The van der Waals surface area contributed by atoms with E-state index in [1.165, 1.54) is 12.1 Å². The molecule has 0 unspecified atom stereocenters. The number of aromatic nitrogens is 1. The third kappa shape index (κ3) is 9.17. The average Bonchev–Trinajstić information content (AvgIpc) is 3.27. The molecule has 1 saturated heterocycles. The fourth-order valence-corrected chi connectivity index (χ4v) is 5.60. The summed E-state index contributed by atoms with van der Waals surface area (Å²) in [6, 6.07) is 1.63. The predicted octanol–water partition coefficient (Wildman–Crippen LogP) is 8.71. The second kappa shape index (κ2) is 16.7. The van der Waals surface area contributed by atoms with Crippen molar-refractivity contribution in [1.29, 1.82) is 0 Å². The number of carbonyl (C=O) groups excluding carboxylic acids is 1. The van der Waals surface area contributed by atoms with Crippen LogP contribution < -0.4 is 5.43 Å². The van der Waals surface area contributed by atoms with Crippen LogP contribution in [0.25, 0.3) is 22.0 Å². The number of benzene rings is 4. The number of thioether (sulfide) groups is 1. The minimum Gasteiger partial charge on any atom is -0.383 e.